The maximum Gasteiger partial charge on any atom is 0.225 e. The average Bonchev–Trinajstić information content (AvgIpc) is 2.75. The maximum atomic E-state index is 12.3. The molecule has 0 spiro atoms. The molecule has 2 aromatic carbocycles. The number of amides is 1. The average molecular weight is 439 g/mol. The first-order valence-corrected chi connectivity index (χ1v) is 9.42. The Kier molecular flexibility index (Phi) is 10.9. The number of hydrogen-bond donors (Lipinski definition) is 1. The van der Waals surface area contributed by atoms with Crippen LogP contribution in [0.4, 0.5) is 5.69 Å². The first kappa shape index (κ1) is 25.4. The predicted molar refractivity (Wildman–Crippen MR) is 121 cm³/mol. The summed E-state index contributed by atoms with van der Waals surface area (Å²) >= 11 is 0. The molecular weight excluding hydrogens is 408 g/mol. The minimum atomic E-state index is -0.0745. The highest BCUT2D eigenvalue weighted by atomic mass is 35.5. The van der Waals surface area contributed by atoms with Crippen molar-refractivity contribution in [3.8, 4) is 23.0 Å². The predicted octanol–water partition coefficient (Wildman–Crippen LogP) is 3.65. The van der Waals surface area contributed by atoms with Gasteiger partial charge in [-0.05, 0) is 43.3 Å². The minimum Gasteiger partial charge on any atom is -0.497 e. The third-order valence-corrected chi connectivity index (χ3v) is 4.63. The van der Waals surface area contributed by atoms with Gasteiger partial charge in [-0.1, -0.05) is 6.07 Å². The Morgan fingerprint density at radius 2 is 1.53 bits per heavy atom. The van der Waals surface area contributed by atoms with E-state index in [2.05, 4.69) is 10.2 Å². The molecule has 0 unspecified atom stereocenters. The second-order valence-corrected chi connectivity index (χ2v) is 6.61. The molecule has 0 saturated heterocycles. The van der Waals surface area contributed by atoms with Crippen molar-refractivity contribution >= 4 is 24.0 Å². The summed E-state index contributed by atoms with van der Waals surface area (Å²) in [6, 6.07) is 11.2. The van der Waals surface area contributed by atoms with Gasteiger partial charge in [-0.15, -0.1) is 12.4 Å². The summed E-state index contributed by atoms with van der Waals surface area (Å²) in [5.74, 6) is 2.62. The smallest absolute Gasteiger partial charge is 0.225 e. The molecule has 0 bridgehead atoms. The Labute approximate surface area is 184 Å². The molecule has 2 aromatic rings. The minimum absolute atomic E-state index is 0. The number of hydrogen-bond acceptors (Lipinski definition) is 6. The molecule has 7 nitrogen and oxygen atoms in total. The number of carbonyl (C=O) groups is 1. The van der Waals surface area contributed by atoms with Gasteiger partial charge in [-0.25, -0.2) is 0 Å². The van der Waals surface area contributed by atoms with Crippen LogP contribution in [-0.2, 0) is 11.2 Å². The number of ether oxygens (including phenoxy) is 4. The van der Waals surface area contributed by atoms with Crippen molar-refractivity contribution in [2.45, 2.75) is 12.8 Å². The highest BCUT2D eigenvalue weighted by Crippen LogP contribution is 2.29. The Bertz CT molecular complexity index is 816. The number of nitrogens with zero attached hydrogens (tertiary/aromatic N) is 1. The lowest BCUT2D eigenvalue weighted by Gasteiger charge is -2.17. The van der Waals surface area contributed by atoms with Crippen LogP contribution in [0.2, 0.25) is 0 Å². The van der Waals surface area contributed by atoms with Crippen LogP contribution < -0.4 is 24.3 Å². The Morgan fingerprint density at radius 3 is 2.17 bits per heavy atom. The number of halogens is 1. The zero-order valence-electron chi connectivity index (χ0n) is 18.2. The topological polar surface area (TPSA) is 69.3 Å². The zero-order chi connectivity index (χ0) is 21.2. The number of benzene rings is 2. The molecule has 0 radical (unpaired) electrons. The molecule has 0 aliphatic carbocycles. The summed E-state index contributed by atoms with van der Waals surface area (Å²) in [4.78, 5) is 14.5. The maximum absolute atomic E-state index is 12.3. The van der Waals surface area contributed by atoms with E-state index >= 15 is 0 Å². The molecule has 0 fully saturated rings. The van der Waals surface area contributed by atoms with Gasteiger partial charge in [0.05, 0.1) is 34.1 Å². The van der Waals surface area contributed by atoms with E-state index in [4.69, 9.17) is 18.9 Å². The molecule has 0 aliphatic rings. The van der Waals surface area contributed by atoms with E-state index in [-0.39, 0.29) is 18.3 Å². The first-order chi connectivity index (χ1) is 14.0. The standard InChI is InChI=1S/C22H30N2O5.ClH/c1-24(12-10-16-6-8-20(28-4)21(14-16)29-5)13-11-22(25)23-18-15-17(26-2)7-9-19(18)27-3;/h6-9,14-15H,10-13H2,1-5H3,(H,23,25);1H. The molecule has 0 aromatic heterocycles. The van der Waals surface area contributed by atoms with E-state index in [0.717, 1.165) is 24.3 Å². The van der Waals surface area contributed by atoms with Crippen LogP contribution >= 0.6 is 12.4 Å². The molecule has 1 N–H and O–H groups in total. The van der Waals surface area contributed by atoms with E-state index in [0.29, 0.717) is 35.9 Å². The lowest BCUT2D eigenvalue weighted by molar-refractivity contribution is -0.116. The number of anilines is 1. The van der Waals surface area contributed by atoms with Gasteiger partial charge < -0.3 is 29.2 Å². The lowest BCUT2D eigenvalue weighted by atomic mass is 10.1. The molecule has 8 heteroatoms. The molecule has 0 aliphatic heterocycles. The second-order valence-electron chi connectivity index (χ2n) is 6.61. The van der Waals surface area contributed by atoms with Gasteiger partial charge in [-0.3, -0.25) is 4.79 Å². The van der Waals surface area contributed by atoms with E-state index in [1.807, 2.05) is 25.2 Å². The van der Waals surface area contributed by atoms with Crippen molar-refractivity contribution in [2.75, 3.05) is 53.9 Å². The van der Waals surface area contributed by atoms with Gasteiger partial charge in [0.1, 0.15) is 11.5 Å². The molecule has 0 atom stereocenters. The third-order valence-electron chi connectivity index (χ3n) is 4.63. The third kappa shape index (κ3) is 7.31. The van der Waals surface area contributed by atoms with Crippen molar-refractivity contribution in [1.82, 2.24) is 4.90 Å². The monoisotopic (exact) mass is 438 g/mol. The summed E-state index contributed by atoms with van der Waals surface area (Å²) in [5.41, 5.74) is 1.75. The van der Waals surface area contributed by atoms with E-state index < -0.39 is 0 Å². The normalized spacial score (nSPS) is 10.2. The van der Waals surface area contributed by atoms with Crippen LogP contribution in [-0.4, -0.2) is 59.4 Å². The van der Waals surface area contributed by atoms with Crippen molar-refractivity contribution in [1.29, 1.82) is 0 Å². The fraction of sp³-hybridized carbons (Fsp3) is 0.409. The SMILES string of the molecule is COc1ccc(OC)c(NC(=O)CCN(C)CCc2ccc(OC)c(OC)c2)c1.Cl. The summed E-state index contributed by atoms with van der Waals surface area (Å²) < 4.78 is 21.1. The van der Waals surface area contributed by atoms with Gasteiger partial charge in [0, 0.05) is 25.6 Å². The quantitative estimate of drug-likeness (QED) is 0.577. The number of rotatable bonds is 11. The lowest BCUT2D eigenvalue weighted by Crippen LogP contribution is -2.26. The second kappa shape index (κ2) is 12.8. The summed E-state index contributed by atoms with van der Waals surface area (Å²) in [6.45, 7) is 1.47. The van der Waals surface area contributed by atoms with E-state index in [9.17, 15) is 4.79 Å². The Balaban J connectivity index is 0.00000450. The molecule has 166 valence electrons. The molecule has 0 heterocycles. The van der Waals surface area contributed by atoms with Crippen molar-refractivity contribution in [3.05, 3.63) is 42.0 Å². The zero-order valence-corrected chi connectivity index (χ0v) is 19.0. The van der Waals surface area contributed by atoms with Gasteiger partial charge in [0.2, 0.25) is 5.91 Å². The summed E-state index contributed by atoms with van der Waals surface area (Å²) in [5, 5.41) is 2.89. The van der Waals surface area contributed by atoms with Gasteiger partial charge in [0.15, 0.2) is 11.5 Å². The Hall–Kier alpha value is -2.64. The molecule has 0 saturated carbocycles. The van der Waals surface area contributed by atoms with Crippen LogP contribution in [0.5, 0.6) is 23.0 Å². The van der Waals surface area contributed by atoms with Crippen molar-refractivity contribution < 1.29 is 23.7 Å². The molecule has 1 amide bonds. The van der Waals surface area contributed by atoms with Crippen LogP contribution in [0.15, 0.2) is 36.4 Å². The molecular formula is C22H31ClN2O5. The largest absolute Gasteiger partial charge is 0.497 e. The number of carbonyl (C=O) groups excluding carboxylic acids is 1. The Morgan fingerprint density at radius 1 is 0.867 bits per heavy atom. The van der Waals surface area contributed by atoms with Crippen LogP contribution in [0, 0.1) is 0 Å². The summed E-state index contributed by atoms with van der Waals surface area (Å²) in [7, 11) is 8.40. The van der Waals surface area contributed by atoms with Crippen LogP contribution in [0.1, 0.15) is 12.0 Å². The van der Waals surface area contributed by atoms with Crippen LogP contribution in [0.25, 0.3) is 0 Å². The highest BCUT2D eigenvalue weighted by Gasteiger charge is 2.11. The van der Waals surface area contributed by atoms with Crippen molar-refractivity contribution in [2.24, 2.45) is 0 Å². The first-order valence-electron chi connectivity index (χ1n) is 9.42. The molecule has 30 heavy (non-hydrogen) atoms. The van der Waals surface area contributed by atoms with E-state index in [1.165, 1.54) is 0 Å². The summed E-state index contributed by atoms with van der Waals surface area (Å²) in [6.07, 6.45) is 1.23. The fourth-order valence-corrected chi connectivity index (χ4v) is 2.88. The number of methoxy groups -OCH3 is 4. The van der Waals surface area contributed by atoms with Crippen LogP contribution in [0.3, 0.4) is 0 Å². The van der Waals surface area contributed by atoms with Gasteiger partial charge >= 0.3 is 0 Å². The highest BCUT2D eigenvalue weighted by molar-refractivity contribution is 5.92. The van der Waals surface area contributed by atoms with Crippen molar-refractivity contribution in [3.63, 3.8) is 0 Å². The fourth-order valence-electron chi connectivity index (χ4n) is 2.88. The number of likely N-dealkylation sites (N-methyl/N-ethyl adjacent to an activating group) is 1. The number of nitrogens with one attached hydrogen (secondary N) is 1. The molecule has 2 rings (SSSR count). The van der Waals surface area contributed by atoms with E-state index in [1.54, 1.807) is 46.6 Å². The van der Waals surface area contributed by atoms with Gasteiger partial charge in [-0.2, -0.15) is 0 Å². The van der Waals surface area contributed by atoms with Gasteiger partial charge in [0.25, 0.3) is 0 Å².